The molecule has 0 fully saturated rings. The van der Waals surface area contributed by atoms with Crippen LogP contribution in [-0.2, 0) is 0 Å². The van der Waals surface area contributed by atoms with Crippen LogP contribution < -0.4 is 5.32 Å². The highest BCUT2D eigenvalue weighted by Crippen LogP contribution is 2.17. The molecule has 0 aliphatic rings. The van der Waals surface area contributed by atoms with Gasteiger partial charge >= 0.3 is 0 Å². The Bertz CT molecular complexity index is 162. The Morgan fingerprint density at radius 3 is 2.38 bits per heavy atom. The van der Waals surface area contributed by atoms with Crippen molar-refractivity contribution in [2.45, 2.75) is 53.0 Å². The fourth-order valence-electron chi connectivity index (χ4n) is 1.12. The second-order valence-electron chi connectivity index (χ2n) is 4.73. The Morgan fingerprint density at radius 2 is 2.00 bits per heavy atom. The van der Waals surface area contributed by atoms with Crippen molar-refractivity contribution in [2.75, 3.05) is 6.54 Å². The van der Waals surface area contributed by atoms with Crippen molar-refractivity contribution in [2.24, 2.45) is 5.41 Å². The Labute approximate surface area is 82.3 Å². The molecule has 0 aliphatic heterocycles. The van der Waals surface area contributed by atoms with Crippen LogP contribution in [0.2, 0.25) is 0 Å². The summed E-state index contributed by atoms with van der Waals surface area (Å²) in [6.07, 6.45) is 2.83. The topological polar surface area (TPSA) is 35.8 Å². The SMILES string of the molecule is CCC(CC#N)NCCC(C)(C)C. The summed E-state index contributed by atoms with van der Waals surface area (Å²) in [7, 11) is 0. The average Bonchev–Trinajstić information content (AvgIpc) is 2.01. The summed E-state index contributed by atoms with van der Waals surface area (Å²) < 4.78 is 0. The van der Waals surface area contributed by atoms with E-state index in [4.69, 9.17) is 5.26 Å². The highest BCUT2D eigenvalue weighted by atomic mass is 14.9. The Morgan fingerprint density at radius 1 is 1.38 bits per heavy atom. The van der Waals surface area contributed by atoms with Gasteiger partial charge in [-0.15, -0.1) is 0 Å². The van der Waals surface area contributed by atoms with Crippen LogP contribution in [0.5, 0.6) is 0 Å². The predicted octanol–water partition coefficient (Wildman–Crippen LogP) is 2.70. The van der Waals surface area contributed by atoms with Crippen molar-refractivity contribution in [3.05, 3.63) is 0 Å². The molecule has 0 aromatic carbocycles. The second kappa shape index (κ2) is 5.99. The first kappa shape index (κ1) is 12.4. The first-order valence-electron chi connectivity index (χ1n) is 5.10. The monoisotopic (exact) mass is 182 g/mol. The maximum atomic E-state index is 8.54. The minimum Gasteiger partial charge on any atom is -0.313 e. The van der Waals surface area contributed by atoms with E-state index in [1.54, 1.807) is 0 Å². The summed E-state index contributed by atoms with van der Waals surface area (Å²) in [5, 5.41) is 11.9. The third-order valence-electron chi connectivity index (χ3n) is 2.14. The van der Waals surface area contributed by atoms with Crippen LogP contribution in [0.3, 0.4) is 0 Å². The molecule has 0 heterocycles. The first-order valence-corrected chi connectivity index (χ1v) is 5.10. The molecule has 76 valence electrons. The van der Waals surface area contributed by atoms with Crippen molar-refractivity contribution >= 4 is 0 Å². The molecule has 0 saturated carbocycles. The largest absolute Gasteiger partial charge is 0.313 e. The standard InChI is InChI=1S/C11H22N2/c1-5-10(6-8-12)13-9-7-11(2,3)4/h10,13H,5-7,9H2,1-4H3. The van der Waals surface area contributed by atoms with Crippen LogP contribution in [0.15, 0.2) is 0 Å². The van der Waals surface area contributed by atoms with Crippen LogP contribution in [0.1, 0.15) is 47.0 Å². The molecule has 0 rings (SSSR count). The Balaban J connectivity index is 3.56. The molecule has 0 aromatic heterocycles. The summed E-state index contributed by atoms with van der Waals surface area (Å²) in [6.45, 7) is 9.84. The number of rotatable bonds is 5. The van der Waals surface area contributed by atoms with Gasteiger partial charge in [-0.05, 0) is 24.8 Å². The van der Waals surface area contributed by atoms with Crippen molar-refractivity contribution in [3.63, 3.8) is 0 Å². The van der Waals surface area contributed by atoms with E-state index in [2.05, 4.69) is 39.1 Å². The normalized spacial score (nSPS) is 13.8. The zero-order valence-corrected chi connectivity index (χ0v) is 9.35. The highest BCUT2D eigenvalue weighted by Gasteiger charge is 2.10. The van der Waals surface area contributed by atoms with Gasteiger partial charge in [0.05, 0.1) is 12.5 Å². The average molecular weight is 182 g/mol. The molecule has 0 bridgehead atoms. The maximum Gasteiger partial charge on any atom is 0.0638 e. The molecule has 1 atom stereocenters. The second-order valence-corrected chi connectivity index (χ2v) is 4.73. The highest BCUT2D eigenvalue weighted by molar-refractivity contribution is 4.80. The molecular formula is C11H22N2. The lowest BCUT2D eigenvalue weighted by Gasteiger charge is -2.20. The maximum absolute atomic E-state index is 8.54. The van der Waals surface area contributed by atoms with Crippen molar-refractivity contribution in [3.8, 4) is 6.07 Å². The predicted molar refractivity (Wildman–Crippen MR) is 56.4 cm³/mol. The van der Waals surface area contributed by atoms with Gasteiger partial charge in [-0.1, -0.05) is 27.7 Å². The third-order valence-corrected chi connectivity index (χ3v) is 2.14. The van der Waals surface area contributed by atoms with E-state index in [0.717, 1.165) is 19.4 Å². The Kier molecular flexibility index (Phi) is 5.73. The number of hydrogen-bond acceptors (Lipinski definition) is 2. The van der Waals surface area contributed by atoms with Gasteiger partial charge in [0.15, 0.2) is 0 Å². The van der Waals surface area contributed by atoms with E-state index in [0.29, 0.717) is 17.9 Å². The Hall–Kier alpha value is -0.550. The van der Waals surface area contributed by atoms with E-state index in [1.165, 1.54) is 0 Å². The lowest BCUT2D eigenvalue weighted by molar-refractivity contribution is 0.352. The van der Waals surface area contributed by atoms with E-state index in [1.807, 2.05) is 0 Å². The fourth-order valence-corrected chi connectivity index (χ4v) is 1.12. The molecule has 0 aliphatic carbocycles. The molecule has 2 nitrogen and oxygen atoms in total. The number of nitrogens with zero attached hydrogens (tertiary/aromatic N) is 1. The number of nitriles is 1. The van der Waals surface area contributed by atoms with Crippen LogP contribution in [0.4, 0.5) is 0 Å². The van der Waals surface area contributed by atoms with E-state index in [-0.39, 0.29) is 0 Å². The summed E-state index contributed by atoms with van der Waals surface area (Å²) in [6, 6.07) is 2.59. The van der Waals surface area contributed by atoms with E-state index >= 15 is 0 Å². The lowest BCUT2D eigenvalue weighted by atomic mass is 9.92. The summed E-state index contributed by atoms with van der Waals surface area (Å²) in [5.41, 5.74) is 0.387. The molecule has 2 heteroatoms. The van der Waals surface area contributed by atoms with Gasteiger partial charge in [0.2, 0.25) is 0 Å². The molecular weight excluding hydrogens is 160 g/mol. The van der Waals surface area contributed by atoms with Crippen molar-refractivity contribution < 1.29 is 0 Å². The van der Waals surface area contributed by atoms with Gasteiger partial charge < -0.3 is 5.32 Å². The molecule has 1 unspecified atom stereocenters. The number of nitrogens with one attached hydrogen (secondary N) is 1. The quantitative estimate of drug-likeness (QED) is 0.709. The van der Waals surface area contributed by atoms with Gasteiger partial charge in [-0.2, -0.15) is 5.26 Å². The van der Waals surface area contributed by atoms with Gasteiger partial charge in [0.1, 0.15) is 0 Å². The molecule has 0 spiro atoms. The van der Waals surface area contributed by atoms with Crippen molar-refractivity contribution in [1.29, 1.82) is 5.26 Å². The smallest absolute Gasteiger partial charge is 0.0638 e. The molecule has 0 radical (unpaired) electrons. The van der Waals surface area contributed by atoms with E-state index in [9.17, 15) is 0 Å². The zero-order chi connectivity index (χ0) is 10.3. The third kappa shape index (κ3) is 7.80. The van der Waals surface area contributed by atoms with Gasteiger partial charge in [0.25, 0.3) is 0 Å². The van der Waals surface area contributed by atoms with Crippen LogP contribution >= 0.6 is 0 Å². The first-order chi connectivity index (χ1) is 5.99. The molecule has 13 heavy (non-hydrogen) atoms. The fraction of sp³-hybridized carbons (Fsp3) is 0.909. The summed E-state index contributed by atoms with van der Waals surface area (Å²) in [5.74, 6) is 0. The number of hydrogen-bond donors (Lipinski definition) is 1. The molecule has 0 amide bonds. The summed E-state index contributed by atoms with van der Waals surface area (Å²) in [4.78, 5) is 0. The lowest BCUT2D eigenvalue weighted by Crippen LogP contribution is -2.30. The van der Waals surface area contributed by atoms with Crippen LogP contribution in [0, 0.1) is 16.7 Å². The van der Waals surface area contributed by atoms with Gasteiger partial charge in [-0.3, -0.25) is 0 Å². The van der Waals surface area contributed by atoms with Crippen molar-refractivity contribution in [1.82, 2.24) is 5.32 Å². The minimum atomic E-state index is 0.382. The van der Waals surface area contributed by atoms with E-state index < -0.39 is 0 Å². The van der Waals surface area contributed by atoms with Crippen LogP contribution in [0.25, 0.3) is 0 Å². The summed E-state index contributed by atoms with van der Waals surface area (Å²) >= 11 is 0. The molecule has 0 aromatic rings. The molecule has 1 N–H and O–H groups in total. The molecule has 0 saturated heterocycles. The van der Waals surface area contributed by atoms with Gasteiger partial charge in [0, 0.05) is 6.04 Å². The zero-order valence-electron chi connectivity index (χ0n) is 9.35. The minimum absolute atomic E-state index is 0.382. The van der Waals surface area contributed by atoms with Crippen LogP contribution in [-0.4, -0.2) is 12.6 Å². The van der Waals surface area contributed by atoms with Gasteiger partial charge in [-0.25, -0.2) is 0 Å².